The van der Waals surface area contributed by atoms with E-state index in [0.717, 1.165) is 25.7 Å². The zero-order chi connectivity index (χ0) is 23.6. The van der Waals surface area contributed by atoms with Gasteiger partial charge in [0, 0.05) is 13.2 Å². The Kier molecular flexibility index (Phi) is 12.2. The highest BCUT2D eigenvalue weighted by atomic mass is 28.3. The summed E-state index contributed by atoms with van der Waals surface area (Å²) in [5.74, 6) is -1.52. The molecule has 1 saturated heterocycles. The molecule has 0 aromatic rings. The average molecular weight is 461 g/mol. The number of aliphatic hydroxyl groups is 1. The molecule has 2 N–H and O–H groups in total. The number of carbonyl (C=O) groups is 2. The molecule has 1 rings (SSSR count). The van der Waals surface area contributed by atoms with Gasteiger partial charge in [0.15, 0.2) is 15.3 Å². The molecule has 0 aliphatic carbocycles. The quantitative estimate of drug-likeness (QED) is 0.152. The molecule has 4 unspecified atom stereocenters. The molecule has 0 radical (unpaired) electrons. The van der Waals surface area contributed by atoms with Crippen LogP contribution in [0.15, 0.2) is 0 Å². The van der Waals surface area contributed by atoms with Gasteiger partial charge in [-0.3, -0.25) is 4.79 Å². The Labute approximate surface area is 189 Å². The molecular weight excluding hydrogens is 416 g/mol. The third kappa shape index (κ3) is 9.57. The molecule has 4 atom stereocenters. The van der Waals surface area contributed by atoms with Gasteiger partial charge in [-0.1, -0.05) is 47.5 Å². The fraction of sp³-hybridized carbons (Fsp3) is 0.909. The van der Waals surface area contributed by atoms with Crippen molar-refractivity contribution in [3.8, 4) is 0 Å². The number of esters is 1. The van der Waals surface area contributed by atoms with Gasteiger partial charge < -0.3 is 24.4 Å². The summed E-state index contributed by atoms with van der Waals surface area (Å²) in [4.78, 5) is 24.4. The number of hydrogen-bond acceptors (Lipinski definition) is 7. The number of hydrogen-bond donors (Lipinski definition) is 2. The third-order valence-corrected chi connectivity index (χ3v) is 6.25. The molecule has 0 bridgehead atoms. The van der Waals surface area contributed by atoms with Gasteiger partial charge in [0.05, 0.1) is 12.6 Å². The van der Waals surface area contributed by atoms with Crippen molar-refractivity contribution in [1.29, 1.82) is 0 Å². The van der Waals surface area contributed by atoms with Crippen LogP contribution in [0.4, 0.5) is 0 Å². The highest BCUT2D eigenvalue weighted by Gasteiger charge is 2.45. The van der Waals surface area contributed by atoms with Crippen LogP contribution in [0.2, 0.25) is 13.1 Å². The van der Waals surface area contributed by atoms with Crippen LogP contribution in [-0.4, -0.2) is 69.2 Å². The van der Waals surface area contributed by atoms with E-state index >= 15 is 0 Å². The van der Waals surface area contributed by atoms with Crippen LogP contribution in [0.3, 0.4) is 0 Å². The number of rotatable bonds is 12. The molecule has 0 aromatic heterocycles. The summed E-state index contributed by atoms with van der Waals surface area (Å²) in [5.41, 5.74) is 0.0551. The molecule has 0 saturated carbocycles. The number of aliphatic hydroxyl groups excluding tert-OH is 1. The molecule has 1 amide bonds. The first-order valence-corrected chi connectivity index (χ1v) is 14.5. The second-order valence-corrected chi connectivity index (χ2v) is 12.0. The van der Waals surface area contributed by atoms with Gasteiger partial charge in [-0.25, -0.2) is 4.79 Å². The Morgan fingerprint density at radius 1 is 1.16 bits per heavy atom. The van der Waals surface area contributed by atoms with Crippen LogP contribution in [0, 0.1) is 11.3 Å². The van der Waals surface area contributed by atoms with E-state index in [1.165, 1.54) is 0 Å². The van der Waals surface area contributed by atoms with E-state index in [9.17, 15) is 14.7 Å². The lowest BCUT2D eigenvalue weighted by Gasteiger charge is -2.33. The molecule has 1 heterocycles. The SMILES string of the molecule is CCCCOC(=O)C(=O)NC(OCCCC)C(O)C1CC(C(C)(C)C)CN1O[SiH](C)C. The van der Waals surface area contributed by atoms with Gasteiger partial charge in [-0.15, -0.1) is 0 Å². The topological polar surface area (TPSA) is 97.3 Å². The molecule has 1 aliphatic heterocycles. The van der Waals surface area contributed by atoms with E-state index < -0.39 is 33.2 Å². The highest BCUT2D eigenvalue weighted by Crippen LogP contribution is 2.38. The van der Waals surface area contributed by atoms with Gasteiger partial charge in [-0.2, -0.15) is 5.06 Å². The summed E-state index contributed by atoms with van der Waals surface area (Å²) in [5, 5.41) is 15.6. The second-order valence-electron chi connectivity index (χ2n) is 9.72. The first-order valence-electron chi connectivity index (χ1n) is 11.7. The van der Waals surface area contributed by atoms with Crippen LogP contribution in [-0.2, 0) is 23.6 Å². The first-order chi connectivity index (χ1) is 14.5. The summed E-state index contributed by atoms with van der Waals surface area (Å²) >= 11 is 0. The molecule has 182 valence electrons. The summed E-state index contributed by atoms with van der Waals surface area (Å²) in [6.45, 7) is 16.0. The van der Waals surface area contributed by atoms with Crippen LogP contribution < -0.4 is 5.32 Å². The van der Waals surface area contributed by atoms with Crippen molar-refractivity contribution in [2.75, 3.05) is 19.8 Å². The molecule has 0 spiro atoms. The Hall–Kier alpha value is -1.00. The zero-order valence-corrected chi connectivity index (χ0v) is 21.6. The zero-order valence-electron chi connectivity index (χ0n) is 20.5. The van der Waals surface area contributed by atoms with Crippen molar-refractivity contribution >= 4 is 20.9 Å². The molecule has 1 aliphatic rings. The smallest absolute Gasteiger partial charge is 0.396 e. The summed E-state index contributed by atoms with van der Waals surface area (Å²) < 4.78 is 16.9. The second kappa shape index (κ2) is 13.5. The van der Waals surface area contributed by atoms with Crippen molar-refractivity contribution in [3.05, 3.63) is 0 Å². The Morgan fingerprint density at radius 2 is 1.77 bits per heavy atom. The van der Waals surface area contributed by atoms with Gasteiger partial charge in [0.2, 0.25) is 0 Å². The van der Waals surface area contributed by atoms with Crippen LogP contribution in [0.1, 0.15) is 66.7 Å². The lowest BCUT2D eigenvalue weighted by atomic mass is 9.79. The lowest BCUT2D eigenvalue weighted by molar-refractivity contribution is -0.165. The molecule has 8 nitrogen and oxygen atoms in total. The monoisotopic (exact) mass is 460 g/mol. The summed E-state index contributed by atoms with van der Waals surface area (Å²) in [6.07, 6.45) is 1.93. The van der Waals surface area contributed by atoms with Crippen molar-refractivity contribution in [2.45, 2.75) is 98.2 Å². The number of amides is 1. The molecule has 0 aromatic carbocycles. The maximum atomic E-state index is 12.4. The maximum Gasteiger partial charge on any atom is 0.396 e. The molecular formula is C22H44N2O6Si. The van der Waals surface area contributed by atoms with E-state index in [0.29, 0.717) is 25.5 Å². The average Bonchev–Trinajstić information content (AvgIpc) is 3.10. The highest BCUT2D eigenvalue weighted by molar-refractivity contribution is 6.48. The minimum absolute atomic E-state index is 0.0551. The van der Waals surface area contributed by atoms with E-state index in [1.54, 1.807) is 0 Å². The lowest BCUT2D eigenvalue weighted by Crippen LogP contribution is -2.55. The van der Waals surface area contributed by atoms with Crippen LogP contribution in [0.25, 0.3) is 0 Å². The largest absolute Gasteiger partial charge is 0.459 e. The molecule has 31 heavy (non-hydrogen) atoms. The Bertz CT molecular complexity index is 555. The number of nitrogens with one attached hydrogen (secondary N) is 1. The van der Waals surface area contributed by atoms with Gasteiger partial charge in [-0.05, 0) is 43.7 Å². The summed E-state index contributed by atoms with van der Waals surface area (Å²) in [6, 6.07) is -0.331. The minimum Gasteiger partial charge on any atom is -0.459 e. The van der Waals surface area contributed by atoms with Crippen molar-refractivity contribution in [2.24, 2.45) is 11.3 Å². The van der Waals surface area contributed by atoms with Crippen LogP contribution in [0.5, 0.6) is 0 Å². The number of nitrogens with zero attached hydrogens (tertiary/aromatic N) is 1. The molecule has 9 heteroatoms. The minimum atomic E-state index is -1.39. The first kappa shape index (κ1) is 28.0. The predicted octanol–water partition coefficient (Wildman–Crippen LogP) is 2.60. The van der Waals surface area contributed by atoms with Gasteiger partial charge in [0.1, 0.15) is 6.10 Å². The number of hydroxylamine groups is 2. The normalized spacial score (nSPS) is 21.8. The maximum absolute atomic E-state index is 12.4. The molecule has 1 fully saturated rings. The van der Waals surface area contributed by atoms with Crippen molar-refractivity contribution in [1.82, 2.24) is 10.4 Å². The van der Waals surface area contributed by atoms with E-state index in [1.807, 2.05) is 18.9 Å². The van der Waals surface area contributed by atoms with Gasteiger partial charge in [0.25, 0.3) is 0 Å². The van der Waals surface area contributed by atoms with E-state index in [4.69, 9.17) is 14.0 Å². The number of unbranched alkanes of at least 4 members (excludes halogenated alkanes) is 2. The summed E-state index contributed by atoms with van der Waals surface area (Å²) in [7, 11) is -1.39. The van der Waals surface area contributed by atoms with Crippen LogP contribution >= 0.6 is 0 Å². The van der Waals surface area contributed by atoms with E-state index in [2.05, 4.69) is 39.2 Å². The van der Waals surface area contributed by atoms with E-state index in [-0.39, 0.29) is 18.1 Å². The Morgan fingerprint density at radius 3 is 2.32 bits per heavy atom. The van der Waals surface area contributed by atoms with Crippen molar-refractivity contribution < 1.29 is 28.7 Å². The number of carbonyl (C=O) groups excluding carboxylic acids is 2. The fourth-order valence-electron chi connectivity index (χ4n) is 3.51. The van der Waals surface area contributed by atoms with Crippen molar-refractivity contribution in [3.63, 3.8) is 0 Å². The third-order valence-electron chi connectivity index (χ3n) is 5.56. The number of ether oxygens (including phenoxy) is 2. The predicted molar refractivity (Wildman–Crippen MR) is 123 cm³/mol. The Balaban J connectivity index is 2.93. The standard InChI is InChI=1S/C22H44N2O6Si/c1-8-10-12-28-20(23-19(26)21(27)29-13-11-9-2)18(25)17-14-16(22(3,4)5)15-24(17)30-31(6)7/h16-18,20,25,31H,8-15H2,1-7H3,(H,23,26). The van der Waals surface area contributed by atoms with Gasteiger partial charge >= 0.3 is 11.9 Å². The fourth-order valence-corrected chi connectivity index (χ4v) is 4.29.